The van der Waals surface area contributed by atoms with Crippen molar-refractivity contribution in [2.24, 2.45) is 5.92 Å². The van der Waals surface area contributed by atoms with Crippen LogP contribution in [-0.2, 0) is 27.8 Å². The van der Waals surface area contributed by atoms with Gasteiger partial charge in [0.2, 0.25) is 5.91 Å². The minimum atomic E-state index is -3.98. The van der Waals surface area contributed by atoms with Gasteiger partial charge in [0.15, 0.2) is 0 Å². The van der Waals surface area contributed by atoms with Crippen molar-refractivity contribution in [3.63, 3.8) is 0 Å². The first-order chi connectivity index (χ1) is 20.2. The summed E-state index contributed by atoms with van der Waals surface area (Å²) in [6, 6.07) is 32.2. The Morgan fingerprint density at radius 3 is 2.07 bits per heavy atom. The van der Waals surface area contributed by atoms with Gasteiger partial charge in [0.25, 0.3) is 15.9 Å². The molecular formula is C34H36N2O5S. The molecule has 0 aromatic heterocycles. The highest BCUT2D eigenvalue weighted by Crippen LogP contribution is 2.24. The van der Waals surface area contributed by atoms with Gasteiger partial charge in [0.1, 0.15) is 12.4 Å². The van der Waals surface area contributed by atoms with E-state index in [1.807, 2.05) is 66.7 Å². The molecule has 8 heteroatoms. The summed E-state index contributed by atoms with van der Waals surface area (Å²) in [7, 11) is -3.98. The Balaban J connectivity index is 1.54. The van der Waals surface area contributed by atoms with Crippen LogP contribution in [0.3, 0.4) is 0 Å². The van der Waals surface area contributed by atoms with E-state index in [4.69, 9.17) is 4.74 Å². The molecule has 42 heavy (non-hydrogen) atoms. The van der Waals surface area contributed by atoms with Gasteiger partial charge >= 0.3 is 0 Å². The molecule has 0 spiro atoms. The highest BCUT2D eigenvalue weighted by atomic mass is 32.2. The Hall–Kier alpha value is -4.43. The summed E-state index contributed by atoms with van der Waals surface area (Å²) in [4.78, 5) is 26.5. The molecule has 0 aliphatic heterocycles. The molecule has 0 heterocycles. The zero-order valence-corrected chi connectivity index (χ0v) is 24.6. The van der Waals surface area contributed by atoms with Crippen molar-refractivity contribution in [1.82, 2.24) is 10.0 Å². The number of amides is 2. The largest absolute Gasteiger partial charge is 0.489 e. The molecule has 0 fully saturated rings. The van der Waals surface area contributed by atoms with Gasteiger partial charge in [-0.05, 0) is 65.8 Å². The van der Waals surface area contributed by atoms with E-state index < -0.39 is 15.9 Å². The molecule has 0 saturated carbocycles. The minimum Gasteiger partial charge on any atom is -0.489 e. The van der Waals surface area contributed by atoms with Crippen molar-refractivity contribution in [3.05, 3.63) is 131 Å². The van der Waals surface area contributed by atoms with Crippen molar-refractivity contribution in [1.29, 1.82) is 0 Å². The van der Waals surface area contributed by atoms with Gasteiger partial charge in [-0.15, -0.1) is 0 Å². The number of hydrogen-bond acceptors (Lipinski definition) is 5. The average molecular weight is 585 g/mol. The molecule has 0 bridgehead atoms. The summed E-state index contributed by atoms with van der Waals surface area (Å²) in [6.07, 6.45) is 0.820. The number of ether oxygens (including phenoxy) is 1. The summed E-state index contributed by atoms with van der Waals surface area (Å²) in [5, 5.41) is 3.19. The third kappa shape index (κ3) is 8.78. The van der Waals surface area contributed by atoms with Crippen LogP contribution in [-0.4, -0.2) is 20.2 Å². The van der Waals surface area contributed by atoms with Crippen molar-refractivity contribution < 1.29 is 22.7 Å². The molecular weight excluding hydrogens is 548 g/mol. The van der Waals surface area contributed by atoms with Crippen molar-refractivity contribution >= 4 is 21.8 Å². The monoisotopic (exact) mass is 584 g/mol. The number of para-hydroxylation sites is 1. The lowest BCUT2D eigenvalue weighted by Crippen LogP contribution is -2.32. The first-order valence-electron chi connectivity index (χ1n) is 14.0. The lowest BCUT2D eigenvalue weighted by Gasteiger charge is -2.22. The molecule has 0 aliphatic carbocycles. The SMILES string of the molecule is CC(C)CC(NC(=O)c1cc(COc2ccccc2)ccc1CCC(=O)NS(=O)(=O)c1ccccc1)c1ccccc1. The van der Waals surface area contributed by atoms with Gasteiger partial charge < -0.3 is 10.1 Å². The second-order valence-corrected chi connectivity index (χ2v) is 12.2. The normalized spacial score (nSPS) is 12.0. The quantitative estimate of drug-likeness (QED) is 0.194. The molecule has 4 aromatic carbocycles. The summed E-state index contributed by atoms with van der Waals surface area (Å²) < 4.78 is 33.2. The standard InChI is InChI=1S/C34H36N2O5S/c1-25(2)22-32(28-12-6-3-7-13-28)35-34(38)31-23-26(24-41-29-14-8-4-9-15-29)18-19-27(31)20-21-33(37)36-42(39,40)30-16-10-5-11-17-30/h3-19,23,25,32H,20-22,24H2,1-2H3,(H,35,38)(H,36,37). The van der Waals surface area contributed by atoms with Crippen molar-refractivity contribution in [3.8, 4) is 5.75 Å². The van der Waals surface area contributed by atoms with Crippen LogP contribution in [0.5, 0.6) is 5.75 Å². The molecule has 2 amide bonds. The summed E-state index contributed by atoms with van der Waals surface area (Å²) in [5.74, 6) is 0.142. The average Bonchev–Trinajstić information content (AvgIpc) is 3.00. The fourth-order valence-corrected chi connectivity index (χ4v) is 5.64. The fourth-order valence-electron chi connectivity index (χ4n) is 4.60. The predicted octanol–water partition coefficient (Wildman–Crippen LogP) is 6.22. The maximum atomic E-state index is 13.8. The highest BCUT2D eigenvalue weighted by molar-refractivity contribution is 7.90. The Labute approximate surface area is 248 Å². The van der Waals surface area contributed by atoms with Crippen LogP contribution in [0.15, 0.2) is 114 Å². The fraction of sp³-hybridized carbons (Fsp3) is 0.235. The zero-order valence-electron chi connectivity index (χ0n) is 23.8. The maximum Gasteiger partial charge on any atom is 0.264 e. The Kier molecular flexibility index (Phi) is 10.5. The van der Waals surface area contributed by atoms with E-state index in [1.54, 1.807) is 30.3 Å². The number of benzene rings is 4. The summed E-state index contributed by atoms with van der Waals surface area (Å²) in [5.41, 5.74) is 2.87. The summed E-state index contributed by atoms with van der Waals surface area (Å²) >= 11 is 0. The van der Waals surface area contributed by atoms with E-state index in [1.165, 1.54) is 12.1 Å². The highest BCUT2D eigenvalue weighted by Gasteiger charge is 2.21. The molecule has 1 unspecified atom stereocenters. The van der Waals surface area contributed by atoms with Crippen LogP contribution < -0.4 is 14.8 Å². The number of rotatable bonds is 13. The minimum absolute atomic E-state index is 0.0123. The van der Waals surface area contributed by atoms with E-state index in [2.05, 4.69) is 23.9 Å². The van der Waals surface area contributed by atoms with E-state index in [0.29, 0.717) is 22.8 Å². The molecule has 0 saturated heterocycles. The molecule has 0 aliphatic rings. The zero-order chi connectivity index (χ0) is 30.0. The van der Waals surface area contributed by atoms with E-state index >= 15 is 0 Å². The number of nitrogens with one attached hydrogen (secondary N) is 2. The van der Waals surface area contributed by atoms with Crippen LogP contribution >= 0.6 is 0 Å². The molecule has 0 radical (unpaired) electrons. The first kappa shape index (κ1) is 30.5. The number of carbonyl (C=O) groups is 2. The molecule has 7 nitrogen and oxygen atoms in total. The van der Waals surface area contributed by atoms with Crippen molar-refractivity contribution in [2.75, 3.05) is 0 Å². The van der Waals surface area contributed by atoms with Crippen LogP contribution in [0.2, 0.25) is 0 Å². The molecule has 2 N–H and O–H groups in total. The second-order valence-electron chi connectivity index (χ2n) is 10.5. The van der Waals surface area contributed by atoms with Crippen molar-refractivity contribution in [2.45, 2.75) is 50.7 Å². The number of hydrogen-bond donors (Lipinski definition) is 2. The number of carbonyl (C=O) groups excluding carboxylic acids is 2. The molecule has 218 valence electrons. The van der Waals surface area contributed by atoms with Gasteiger partial charge in [0, 0.05) is 12.0 Å². The topological polar surface area (TPSA) is 102 Å². The van der Waals surface area contributed by atoms with Crippen LogP contribution in [0.1, 0.15) is 59.8 Å². The van der Waals surface area contributed by atoms with Gasteiger partial charge in [-0.2, -0.15) is 0 Å². The molecule has 1 atom stereocenters. The van der Waals surface area contributed by atoms with Gasteiger partial charge in [-0.3, -0.25) is 9.59 Å². The Morgan fingerprint density at radius 2 is 1.43 bits per heavy atom. The maximum absolute atomic E-state index is 13.8. The van der Waals surface area contributed by atoms with E-state index in [9.17, 15) is 18.0 Å². The van der Waals surface area contributed by atoms with Gasteiger partial charge in [-0.25, -0.2) is 13.1 Å². The van der Waals surface area contributed by atoms with E-state index in [0.717, 1.165) is 17.5 Å². The molecule has 4 aromatic rings. The van der Waals surface area contributed by atoms with Gasteiger partial charge in [0.05, 0.1) is 10.9 Å². The molecule has 4 rings (SSSR count). The van der Waals surface area contributed by atoms with E-state index in [-0.39, 0.29) is 36.3 Å². The first-order valence-corrected chi connectivity index (χ1v) is 15.5. The third-order valence-corrected chi connectivity index (χ3v) is 8.09. The number of aryl methyl sites for hydroxylation is 1. The smallest absolute Gasteiger partial charge is 0.264 e. The van der Waals surface area contributed by atoms with Crippen LogP contribution in [0.25, 0.3) is 0 Å². The lowest BCUT2D eigenvalue weighted by atomic mass is 9.95. The summed E-state index contributed by atoms with van der Waals surface area (Å²) in [6.45, 7) is 4.48. The van der Waals surface area contributed by atoms with Gasteiger partial charge in [-0.1, -0.05) is 92.7 Å². The second kappa shape index (κ2) is 14.5. The number of sulfonamides is 1. The Morgan fingerprint density at radius 1 is 0.810 bits per heavy atom. The Bertz CT molecular complexity index is 1570. The predicted molar refractivity (Wildman–Crippen MR) is 163 cm³/mol. The van der Waals surface area contributed by atoms with Crippen LogP contribution in [0, 0.1) is 5.92 Å². The van der Waals surface area contributed by atoms with Crippen LogP contribution in [0.4, 0.5) is 0 Å². The lowest BCUT2D eigenvalue weighted by molar-refractivity contribution is -0.119. The third-order valence-electron chi connectivity index (χ3n) is 6.71.